The molecule has 0 aromatic rings. The first kappa shape index (κ1) is 16.5. The van der Waals surface area contributed by atoms with Crippen molar-refractivity contribution in [3.63, 3.8) is 0 Å². The molecule has 0 amide bonds. The Kier molecular flexibility index (Phi) is 5.52. The van der Waals surface area contributed by atoms with Gasteiger partial charge >= 0.3 is 11.9 Å². The number of carbonyl (C=O) groups is 2. The summed E-state index contributed by atoms with van der Waals surface area (Å²) >= 11 is 0. The number of rotatable bonds is 6. The highest BCUT2D eigenvalue weighted by Crippen LogP contribution is 2.44. The second-order valence-electron chi connectivity index (χ2n) is 5.66. The van der Waals surface area contributed by atoms with Crippen molar-refractivity contribution in [3.05, 3.63) is 23.9 Å². The summed E-state index contributed by atoms with van der Waals surface area (Å²) in [5.41, 5.74) is 1.15. The summed E-state index contributed by atoms with van der Waals surface area (Å²) in [6.07, 6.45) is 6.31. The quantitative estimate of drug-likeness (QED) is 0.559. The number of nitrogens with zero attached hydrogens (tertiary/aromatic N) is 1. The number of aliphatic imine (C=N–C) groups is 1. The monoisotopic (exact) mass is 305 g/mol. The van der Waals surface area contributed by atoms with Crippen molar-refractivity contribution >= 4 is 18.2 Å². The molecule has 5 heteroatoms. The second-order valence-corrected chi connectivity index (χ2v) is 5.66. The van der Waals surface area contributed by atoms with Crippen molar-refractivity contribution in [3.8, 4) is 0 Å². The lowest BCUT2D eigenvalue weighted by Gasteiger charge is -2.39. The van der Waals surface area contributed by atoms with Gasteiger partial charge in [-0.05, 0) is 32.6 Å². The first-order valence-corrected chi connectivity index (χ1v) is 7.79. The lowest BCUT2D eigenvalue weighted by atomic mass is 9.66. The summed E-state index contributed by atoms with van der Waals surface area (Å²) in [6, 6.07) is 0. The van der Waals surface area contributed by atoms with E-state index in [1.807, 2.05) is 0 Å². The zero-order valence-electron chi connectivity index (χ0n) is 13.2. The first-order chi connectivity index (χ1) is 10.6. The molecular weight excluding hydrogens is 282 g/mol. The molecule has 2 atom stereocenters. The molecule has 0 spiro atoms. The van der Waals surface area contributed by atoms with Gasteiger partial charge in [-0.3, -0.25) is 9.79 Å². The molecule has 1 aliphatic heterocycles. The van der Waals surface area contributed by atoms with Crippen LogP contribution in [0.25, 0.3) is 0 Å². The fraction of sp³-hybridized carbons (Fsp3) is 0.588. The minimum Gasteiger partial charge on any atom is -0.465 e. The van der Waals surface area contributed by atoms with Gasteiger partial charge in [-0.1, -0.05) is 19.1 Å². The zero-order valence-corrected chi connectivity index (χ0v) is 13.2. The van der Waals surface area contributed by atoms with Gasteiger partial charge in [0.25, 0.3) is 0 Å². The molecule has 5 nitrogen and oxygen atoms in total. The number of hydrogen-bond donors (Lipinski definition) is 0. The Bertz CT molecular complexity index is 517. The largest absolute Gasteiger partial charge is 0.465 e. The van der Waals surface area contributed by atoms with E-state index in [0.717, 1.165) is 19.3 Å². The summed E-state index contributed by atoms with van der Waals surface area (Å²) in [6.45, 7) is 7.58. The number of carbonyl (C=O) groups excluding carboxylic acids is 2. The van der Waals surface area contributed by atoms with E-state index >= 15 is 0 Å². The number of esters is 2. The molecular formula is C17H23NO4. The maximum absolute atomic E-state index is 12.4. The van der Waals surface area contributed by atoms with Crippen molar-refractivity contribution in [1.29, 1.82) is 0 Å². The molecule has 1 heterocycles. The summed E-state index contributed by atoms with van der Waals surface area (Å²) in [5.74, 6) is -1.10. The Morgan fingerprint density at radius 2 is 2.14 bits per heavy atom. The highest BCUT2D eigenvalue weighted by Gasteiger charge is 2.44. The Morgan fingerprint density at radius 3 is 2.68 bits per heavy atom. The zero-order chi connectivity index (χ0) is 16.1. The van der Waals surface area contributed by atoms with Gasteiger partial charge in [-0.2, -0.15) is 0 Å². The Hall–Kier alpha value is -1.91. The van der Waals surface area contributed by atoms with Crippen LogP contribution in [0.5, 0.6) is 0 Å². The molecule has 120 valence electrons. The molecule has 1 unspecified atom stereocenters. The van der Waals surface area contributed by atoms with Crippen LogP contribution in [0.15, 0.2) is 28.9 Å². The van der Waals surface area contributed by atoms with Crippen LogP contribution in [0.4, 0.5) is 0 Å². The first-order valence-electron chi connectivity index (χ1n) is 7.79. The van der Waals surface area contributed by atoms with E-state index in [-0.39, 0.29) is 18.5 Å². The predicted octanol–water partition coefficient (Wildman–Crippen LogP) is 2.67. The van der Waals surface area contributed by atoms with Crippen LogP contribution < -0.4 is 0 Å². The molecule has 22 heavy (non-hydrogen) atoms. The van der Waals surface area contributed by atoms with E-state index in [0.29, 0.717) is 23.8 Å². The van der Waals surface area contributed by atoms with Crippen molar-refractivity contribution in [2.24, 2.45) is 22.7 Å². The number of hydrogen-bond acceptors (Lipinski definition) is 5. The van der Waals surface area contributed by atoms with E-state index in [4.69, 9.17) is 9.47 Å². The molecule has 0 bridgehead atoms. The normalized spacial score (nSPS) is 24.6. The molecule has 0 N–H and O–H groups in total. The van der Waals surface area contributed by atoms with Crippen LogP contribution in [0.2, 0.25) is 0 Å². The van der Waals surface area contributed by atoms with Gasteiger partial charge in [0.15, 0.2) is 0 Å². The summed E-state index contributed by atoms with van der Waals surface area (Å²) < 4.78 is 10.4. The van der Waals surface area contributed by atoms with Crippen LogP contribution in [-0.4, -0.2) is 31.4 Å². The summed E-state index contributed by atoms with van der Waals surface area (Å²) in [5, 5.41) is 0. The Labute approximate surface area is 131 Å². The van der Waals surface area contributed by atoms with E-state index in [1.54, 1.807) is 20.1 Å². The average molecular weight is 305 g/mol. The van der Waals surface area contributed by atoms with Gasteiger partial charge in [-0.25, -0.2) is 4.79 Å². The topological polar surface area (TPSA) is 65.0 Å². The minimum atomic E-state index is -0.500. The molecule has 0 aromatic heterocycles. The highest BCUT2D eigenvalue weighted by atomic mass is 16.5. The molecule has 0 saturated heterocycles. The smallest absolute Gasteiger partial charge is 0.336 e. The molecule has 0 aromatic carbocycles. The van der Waals surface area contributed by atoms with E-state index in [1.165, 1.54) is 6.08 Å². The standard InChI is InChI=1S/C17H23NO4/c1-4-9-22-17(20)14-11(3)18-10-13(16(19)21-5-2)15(14)12-7-6-8-12/h4,10,12-13,15H,1,5-9H2,2-3H3/t13?,15-/m1/s1. The van der Waals surface area contributed by atoms with Crippen LogP contribution in [0.3, 0.4) is 0 Å². The van der Waals surface area contributed by atoms with Crippen LogP contribution in [-0.2, 0) is 19.1 Å². The maximum atomic E-state index is 12.4. The van der Waals surface area contributed by atoms with Gasteiger partial charge in [0.05, 0.1) is 18.1 Å². The van der Waals surface area contributed by atoms with E-state index < -0.39 is 11.9 Å². The second kappa shape index (κ2) is 7.38. The molecule has 1 fully saturated rings. The predicted molar refractivity (Wildman–Crippen MR) is 83.3 cm³/mol. The minimum absolute atomic E-state index is 0.154. The maximum Gasteiger partial charge on any atom is 0.336 e. The van der Waals surface area contributed by atoms with Gasteiger partial charge in [0.2, 0.25) is 0 Å². The Morgan fingerprint density at radius 1 is 1.41 bits per heavy atom. The van der Waals surface area contributed by atoms with Gasteiger partial charge in [0, 0.05) is 17.8 Å². The summed E-state index contributed by atoms with van der Waals surface area (Å²) in [7, 11) is 0. The van der Waals surface area contributed by atoms with Gasteiger partial charge < -0.3 is 9.47 Å². The molecule has 0 radical (unpaired) electrons. The number of ether oxygens (including phenoxy) is 2. The van der Waals surface area contributed by atoms with Gasteiger partial charge in [-0.15, -0.1) is 0 Å². The third kappa shape index (κ3) is 3.29. The number of allylic oxidation sites excluding steroid dienone is 1. The third-order valence-corrected chi connectivity index (χ3v) is 4.31. The third-order valence-electron chi connectivity index (χ3n) is 4.31. The molecule has 1 aliphatic carbocycles. The van der Waals surface area contributed by atoms with Crippen molar-refractivity contribution in [2.75, 3.05) is 13.2 Å². The van der Waals surface area contributed by atoms with E-state index in [2.05, 4.69) is 11.6 Å². The van der Waals surface area contributed by atoms with Gasteiger partial charge in [0.1, 0.15) is 6.61 Å². The fourth-order valence-electron chi connectivity index (χ4n) is 3.05. The SMILES string of the molecule is C=CCOC(=O)C1=C(C)N=CC(C(=O)OCC)[C@H]1C1CCC1. The summed E-state index contributed by atoms with van der Waals surface area (Å²) in [4.78, 5) is 28.9. The van der Waals surface area contributed by atoms with Crippen molar-refractivity contribution < 1.29 is 19.1 Å². The molecule has 1 saturated carbocycles. The fourth-order valence-corrected chi connectivity index (χ4v) is 3.05. The average Bonchev–Trinajstić information content (AvgIpc) is 2.43. The lowest BCUT2D eigenvalue weighted by molar-refractivity contribution is -0.148. The van der Waals surface area contributed by atoms with Crippen molar-refractivity contribution in [2.45, 2.75) is 33.1 Å². The lowest BCUT2D eigenvalue weighted by Crippen LogP contribution is -2.40. The van der Waals surface area contributed by atoms with Crippen LogP contribution >= 0.6 is 0 Å². The molecule has 2 rings (SSSR count). The Balaban J connectivity index is 2.29. The van der Waals surface area contributed by atoms with Crippen LogP contribution in [0, 0.1) is 17.8 Å². The van der Waals surface area contributed by atoms with Crippen molar-refractivity contribution in [1.82, 2.24) is 0 Å². The van der Waals surface area contributed by atoms with E-state index in [9.17, 15) is 9.59 Å². The van der Waals surface area contributed by atoms with Crippen LogP contribution in [0.1, 0.15) is 33.1 Å². The highest BCUT2D eigenvalue weighted by molar-refractivity contribution is 5.98. The molecule has 2 aliphatic rings.